The van der Waals surface area contributed by atoms with Crippen LogP contribution in [0.5, 0.6) is 5.75 Å². The molecule has 1 aromatic carbocycles. The topological polar surface area (TPSA) is 117 Å². The SMILES string of the molecule is CNC(=O)NC(=O)CNc1cc(S(=O)(=O)N2CCCCCC2)ccc1OCC(F)(F)F. The lowest BCUT2D eigenvalue weighted by atomic mass is 10.2. The number of hydrogen-bond donors (Lipinski definition) is 3. The zero-order valence-electron chi connectivity index (χ0n) is 16.9. The van der Waals surface area contributed by atoms with E-state index in [4.69, 9.17) is 4.74 Å². The van der Waals surface area contributed by atoms with Gasteiger partial charge in [0.2, 0.25) is 15.9 Å². The van der Waals surface area contributed by atoms with Crippen LogP contribution in [-0.2, 0) is 14.8 Å². The highest BCUT2D eigenvalue weighted by Gasteiger charge is 2.30. The average molecular weight is 466 g/mol. The minimum atomic E-state index is -4.61. The maximum atomic E-state index is 13.0. The van der Waals surface area contributed by atoms with E-state index < -0.39 is 41.3 Å². The summed E-state index contributed by atoms with van der Waals surface area (Å²) in [7, 11) is -2.58. The number of amides is 3. The Balaban J connectivity index is 2.27. The molecular weight excluding hydrogens is 441 g/mol. The molecule has 0 unspecified atom stereocenters. The number of carbonyl (C=O) groups is 2. The highest BCUT2D eigenvalue weighted by molar-refractivity contribution is 7.89. The second-order valence-corrected chi connectivity index (χ2v) is 8.80. The van der Waals surface area contributed by atoms with Crippen LogP contribution in [0.25, 0.3) is 0 Å². The fraction of sp³-hybridized carbons (Fsp3) is 0.556. The van der Waals surface area contributed by atoms with Gasteiger partial charge in [-0.1, -0.05) is 12.8 Å². The van der Waals surface area contributed by atoms with E-state index >= 15 is 0 Å². The Morgan fingerprint density at radius 2 is 1.77 bits per heavy atom. The Hall–Kier alpha value is -2.54. The van der Waals surface area contributed by atoms with Gasteiger partial charge in [0.05, 0.1) is 17.1 Å². The molecule has 1 fully saturated rings. The van der Waals surface area contributed by atoms with E-state index in [9.17, 15) is 31.2 Å². The van der Waals surface area contributed by atoms with Crippen molar-refractivity contribution in [1.29, 1.82) is 0 Å². The Bertz CT molecular complexity index is 885. The molecule has 174 valence electrons. The first-order chi connectivity index (χ1) is 14.5. The van der Waals surface area contributed by atoms with E-state index in [1.165, 1.54) is 17.4 Å². The number of urea groups is 1. The first-order valence-corrected chi connectivity index (χ1v) is 11.1. The van der Waals surface area contributed by atoms with E-state index in [1.54, 1.807) is 0 Å². The third-order valence-electron chi connectivity index (χ3n) is 4.46. The second kappa shape index (κ2) is 10.7. The van der Waals surface area contributed by atoms with Crippen molar-refractivity contribution in [3.05, 3.63) is 18.2 Å². The van der Waals surface area contributed by atoms with E-state index in [1.807, 2.05) is 5.32 Å². The summed E-state index contributed by atoms with van der Waals surface area (Å²) in [6, 6.07) is 2.63. The molecule has 3 N–H and O–H groups in total. The molecule has 1 aliphatic rings. The van der Waals surface area contributed by atoms with Crippen LogP contribution in [0.2, 0.25) is 0 Å². The molecule has 9 nitrogen and oxygen atoms in total. The Labute approximate surface area is 178 Å². The van der Waals surface area contributed by atoms with Crippen LogP contribution >= 0.6 is 0 Å². The van der Waals surface area contributed by atoms with Crippen LogP contribution in [0.4, 0.5) is 23.7 Å². The molecule has 1 saturated heterocycles. The monoisotopic (exact) mass is 466 g/mol. The Morgan fingerprint density at radius 3 is 2.35 bits per heavy atom. The first-order valence-electron chi connectivity index (χ1n) is 9.62. The molecule has 1 heterocycles. The van der Waals surface area contributed by atoms with Crippen molar-refractivity contribution >= 4 is 27.6 Å². The number of imide groups is 1. The summed E-state index contributed by atoms with van der Waals surface area (Å²) >= 11 is 0. The summed E-state index contributed by atoms with van der Waals surface area (Å²) in [5.74, 6) is -1.05. The van der Waals surface area contributed by atoms with E-state index in [-0.39, 0.29) is 16.3 Å². The summed E-state index contributed by atoms with van der Waals surface area (Å²) in [4.78, 5) is 22.9. The van der Waals surface area contributed by atoms with Gasteiger partial charge in [0, 0.05) is 20.1 Å². The van der Waals surface area contributed by atoms with Gasteiger partial charge in [0.25, 0.3) is 0 Å². The predicted molar refractivity (Wildman–Crippen MR) is 106 cm³/mol. The lowest BCUT2D eigenvalue weighted by Gasteiger charge is -2.21. The zero-order chi connectivity index (χ0) is 23.1. The summed E-state index contributed by atoms with van der Waals surface area (Å²) < 4.78 is 69.8. The van der Waals surface area contributed by atoms with Crippen LogP contribution in [0, 0.1) is 0 Å². The number of nitrogens with one attached hydrogen (secondary N) is 3. The van der Waals surface area contributed by atoms with E-state index in [0.29, 0.717) is 13.1 Å². The number of anilines is 1. The van der Waals surface area contributed by atoms with Crippen LogP contribution in [0.15, 0.2) is 23.1 Å². The number of sulfonamides is 1. The number of halogens is 3. The molecule has 0 aromatic heterocycles. The molecule has 3 amide bonds. The molecule has 13 heteroatoms. The van der Waals surface area contributed by atoms with Crippen molar-refractivity contribution in [3.8, 4) is 5.75 Å². The van der Waals surface area contributed by atoms with Crippen molar-refractivity contribution in [2.75, 3.05) is 38.6 Å². The second-order valence-electron chi connectivity index (χ2n) is 6.86. The number of alkyl halides is 3. The van der Waals surface area contributed by atoms with Crippen molar-refractivity contribution in [2.45, 2.75) is 36.8 Å². The largest absolute Gasteiger partial charge is 0.482 e. The van der Waals surface area contributed by atoms with Gasteiger partial charge in [0.1, 0.15) is 5.75 Å². The quantitative estimate of drug-likeness (QED) is 0.567. The molecule has 0 bridgehead atoms. The number of rotatable bonds is 7. The molecule has 0 radical (unpaired) electrons. The van der Waals surface area contributed by atoms with Crippen molar-refractivity contribution < 1.29 is 35.9 Å². The summed E-state index contributed by atoms with van der Waals surface area (Å²) in [6.45, 7) is -1.38. The Morgan fingerprint density at radius 1 is 1.13 bits per heavy atom. The van der Waals surface area contributed by atoms with Gasteiger partial charge in [-0.3, -0.25) is 10.1 Å². The van der Waals surface area contributed by atoms with Crippen molar-refractivity contribution in [2.24, 2.45) is 0 Å². The van der Waals surface area contributed by atoms with Crippen LogP contribution in [0.3, 0.4) is 0 Å². The summed E-state index contributed by atoms with van der Waals surface area (Å²) in [5.41, 5.74) is -0.118. The summed E-state index contributed by atoms with van der Waals surface area (Å²) in [5, 5.41) is 6.70. The first kappa shape index (κ1) is 24.7. The molecular formula is C18H25F3N4O5S. The van der Waals surface area contributed by atoms with Gasteiger partial charge >= 0.3 is 12.2 Å². The van der Waals surface area contributed by atoms with E-state index in [0.717, 1.165) is 37.8 Å². The smallest absolute Gasteiger partial charge is 0.422 e. The molecule has 2 rings (SSSR count). The number of carbonyl (C=O) groups excluding carboxylic acids is 2. The van der Waals surface area contributed by atoms with Crippen LogP contribution in [-0.4, -0.2) is 64.1 Å². The van der Waals surface area contributed by atoms with Gasteiger partial charge < -0.3 is 15.4 Å². The van der Waals surface area contributed by atoms with Gasteiger partial charge in [0.15, 0.2) is 6.61 Å². The lowest BCUT2D eigenvalue weighted by Crippen LogP contribution is -2.40. The zero-order valence-corrected chi connectivity index (χ0v) is 17.7. The highest BCUT2D eigenvalue weighted by atomic mass is 32.2. The Kier molecular flexibility index (Phi) is 8.51. The lowest BCUT2D eigenvalue weighted by molar-refractivity contribution is -0.153. The fourth-order valence-electron chi connectivity index (χ4n) is 2.93. The van der Waals surface area contributed by atoms with Crippen molar-refractivity contribution in [3.63, 3.8) is 0 Å². The molecule has 0 spiro atoms. The van der Waals surface area contributed by atoms with Crippen LogP contribution < -0.4 is 20.7 Å². The molecule has 31 heavy (non-hydrogen) atoms. The number of hydrogen-bond acceptors (Lipinski definition) is 6. The van der Waals surface area contributed by atoms with Gasteiger partial charge in [-0.2, -0.15) is 17.5 Å². The average Bonchev–Trinajstić information content (AvgIpc) is 3.00. The number of ether oxygens (including phenoxy) is 1. The molecule has 1 aliphatic heterocycles. The minimum absolute atomic E-state index is 0.118. The highest BCUT2D eigenvalue weighted by Crippen LogP contribution is 2.31. The maximum absolute atomic E-state index is 13.0. The number of nitrogens with zero attached hydrogens (tertiary/aromatic N) is 1. The third-order valence-corrected chi connectivity index (χ3v) is 6.36. The fourth-order valence-corrected chi connectivity index (χ4v) is 4.48. The number of benzene rings is 1. The predicted octanol–water partition coefficient (Wildman–Crippen LogP) is 2.06. The molecule has 0 saturated carbocycles. The molecule has 1 aromatic rings. The minimum Gasteiger partial charge on any atom is -0.482 e. The van der Waals surface area contributed by atoms with Gasteiger partial charge in [-0.25, -0.2) is 13.2 Å². The normalized spacial score (nSPS) is 15.6. The van der Waals surface area contributed by atoms with Gasteiger partial charge in [-0.15, -0.1) is 0 Å². The van der Waals surface area contributed by atoms with E-state index in [2.05, 4.69) is 10.6 Å². The van der Waals surface area contributed by atoms with Gasteiger partial charge in [-0.05, 0) is 31.0 Å². The molecule has 0 aliphatic carbocycles. The summed E-state index contributed by atoms with van der Waals surface area (Å²) in [6.07, 6.45) is -1.33. The molecule has 0 atom stereocenters. The third kappa shape index (κ3) is 7.58. The maximum Gasteiger partial charge on any atom is 0.422 e. The standard InChI is InChI=1S/C18H25F3N4O5S/c1-22-17(27)24-16(26)11-23-14-10-13(6-7-15(14)30-12-18(19,20)21)31(28,29)25-8-4-2-3-5-9-25/h6-7,10,23H,2-5,8-9,11-12H2,1H3,(H2,22,24,26,27). The van der Waals surface area contributed by atoms with Crippen LogP contribution in [0.1, 0.15) is 25.7 Å². The van der Waals surface area contributed by atoms with Crippen molar-refractivity contribution in [1.82, 2.24) is 14.9 Å².